The lowest BCUT2D eigenvalue weighted by atomic mass is 10.0. The smallest absolute Gasteiger partial charge is 0.0940 e. The summed E-state index contributed by atoms with van der Waals surface area (Å²) < 4.78 is 5.69. The zero-order valence-corrected chi connectivity index (χ0v) is 10.4. The van der Waals surface area contributed by atoms with E-state index in [0.29, 0.717) is 6.10 Å². The third kappa shape index (κ3) is 3.85. The quantitative estimate of drug-likeness (QED) is 0.859. The van der Waals surface area contributed by atoms with Gasteiger partial charge in [-0.25, -0.2) is 4.98 Å². The monoisotopic (exact) mass is 240 g/mol. The van der Waals surface area contributed by atoms with Crippen molar-refractivity contribution in [3.05, 3.63) is 16.6 Å². The van der Waals surface area contributed by atoms with Crippen molar-refractivity contribution in [1.29, 1.82) is 0 Å². The minimum Gasteiger partial charge on any atom is -0.378 e. The topological polar surface area (TPSA) is 48.1 Å². The Morgan fingerprint density at radius 3 is 3.19 bits per heavy atom. The molecule has 1 saturated heterocycles. The molecular formula is C12H20N2OS. The summed E-state index contributed by atoms with van der Waals surface area (Å²) in [5, 5.41) is 3.16. The lowest BCUT2D eigenvalue weighted by Gasteiger charge is -2.23. The van der Waals surface area contributed by atoms with Crippen LogP contribution in [0.15, 0.2) is 11.6 Å². The second-order valence-corrected chi connectivity index (χ2v) is 5.44. The number of hydrogen-bond acceptors (Lipinski definition) is 4. The van der Waals surface area contributed by atoms with Gasteiger partial charge in [-0.1, -0.05) is 0 Å². The maximum absolute atomic E-state index is 6.09. The van der Waals surface area contributed by atoms with Crippen molar-refractivity contribution in [3.8, 4) is 0 Å². The molecule has 90 valence electrons. The molecule has 1 aliphatic rings. The largest absolute Gasteiger partial charge is 0.378 e. The summed E-state index contributed by atoms with van der Waals surface area (Å²) in [6, 6.07) is 0.233. The van der Waals surface area contributed by atoms with Crippen molar-refractivity contribution in [2.45, 2.75) is 50.7 Å². The van der Waals surface area contributed by atoms with E-state index in [1.165, 1.54) is 19.3 Å². The van der Waals surface area contributed by atoms with Crippen molar-refractivity contribution >= 4 is 11.3 Å². The van der Waals surface area contributed by atoms with E-state index in [4.69, 9.17) is 10.5 Å². The first-order chi connectivity index (χ1) is 7.84. The van der Waals surface area contributed by atoms with Gasteiger partial charge in [0.2, 0.25) is 0 Å². The van der Waals surface area contributed by atoms with Gasteiger partial charge < -0.3 is 10.5 Å². The average Bonchev–Trinajstić information content (AvgIpc) is 2.81. The molecule has 0 aromatic carbocycles. The van der Waals surface area contributed by atoms with E-state index in [9.17, 15) is 0 Å². The number of aromatic nitrogens is 1. The highest BCUT2D eigenvalue weighted by Gasteiger charge is 2.15. The Bertz CT molecular complexity index is 283. The maximum atomic E-state index is 6.09. The molecule has 16 heavy (non-hydrogen) atoms. The van der Waals surface area contributed by atoms with Crippen molar-refractivity contribution in [2.24, 2.45) is 5.73 Å². The molecule has 4 heteroatoms. The van der Waals surface area contributed by atoms with Crippen LogP contribution in [0.2, 0.25) is 0 Å². The Balaban J connectivity index is 1.65. The molecule has 3 nitrogen and oxygen atoms in total. The molecule has 1 fully saturated rings. The van der Waals surface area contributed by atoms with Crippen LogP contribution in [-0.2, 0) is 11.2 Å². The van der Waals surface area contributed by atoms with Gasteiger partial charge in [0.05, 0.1) is 11.1 Å². The van der Waals surface area contributed by atoms with Crippen molar-refractivity contribution in [3.63, 3.8) is 0 Å². The molecule has 0 saturated carbocycles. The van der Waals surface area contributed by atoms with Gasteiger partial charge in [0.15, 0.2) is 0 Å². The first kappa shape index (κ1) is 12.0. The normalized spacial score (nSPS) is 23.2. The van der Waals surface area contributed by atoms with Gasteiger partial charge in [-0.2, -0.15) is 0 Å². The number of rotatable bonds is 5. The summed E-state index contributed by atoms with van der Waals surface area (Å²) in [5.41, 5.74) is 6.09. The molecule has 2 rings (SSSR count). The fourth-order valence-electron chi connectivity index (χ4n) is 2.12. The summed E-state index contributed by atoms with van der Waals surface area (Å²) in [5.74, 6) is 0. The molecule has 0 amide bonds. The zero-order chi connectivity index (χ0) is 11.2. The number of nitrogens with two attached hydrogens (primary N) is 1. The Hall–Kier alpha value is -0.450. The van der Waals surface area contributed by atoms with Crippen LogP contribution in [0.3, 0.4) is 0 Å². The second-order valence-electron chi connectivity index (χ2n) is 4.46. The van der Waals surface area contributed by atoms with E-state index in [1.54, 1.807) is 11.3 Å². The van der Waals surface area contributed by atoms with E-state index in [-0.39, 0.29) is 6.04 Å². The molecule has 0 spiro atoms. The van der Waals surface area contributed by atoms with Crippen LogP contribution >= 0.6 is 11.3 Å². The predicted molar refractivity (Wildman–Crippen MR) is 66.6 cm³/mol. The third-order valence-corrected chi connectivity index (χ3v) is 3.86. The molecular weight excluding hydrogens is 220 g/mol. The minimum absolute atomic E-state index is 0.233. The first-order valence-corrected chi connectivity index (χ1v) is 6.98. The summed E-state index contributed by atoms with van der Waals surface area (Å²) in [6.45, 7) is 0.937. The van der Waals surface area contributed by atoms with Gasteiger partial charge in [-0.3, -0.25) is 0 Å². The molecule has 2 N–H and O–H groups in total. The van der Waals surface area contributed by atoms with Crippen molar-refractivity contribution in [1.82, 2.24) is 4.98 Å². The summed E-state index contributed by atoms with van der Waals surface area (Å²) in [7, 11) is 0. The molecule has 1 aromatic heterocycles. The summed E-state index contributed by atoms with van der Waals surface area (Å²) >= 11 is 1.69. The maximum Gasteiger partial charge on any atom is 0.0940 e. The molecule has 1 aromatic rings. The number of thiazole rings is 1. The molecule has 2 heterocycles. The number of ether oxygens (including phenoxy) is 1. The SMILES string of the molecule is NC(CCC1CCCCO1)Cc1nccs1. The molecule has 0 bridgehead atoms. The van der Waals surface area contributed by atoms with Crippen LogP contribution in [0.5, 0.6) is 0 Å². The number of hydrogen-bond donors (Lipinski definition) is 1. The Morgan fingerprint density at radius 1 is 1.56 bits per heavy atom. The van der Waals surface area contributed by atoms with Gasteiger partial charge in [0, 0.05) is 30.6 Å². The number of nitrogens with zero attached hydrogens (tertiary/aromatic N) is 1. The zero-order valence-electron chi connectivity index (χ0n) is 9.60. The lowest BCUT2D eigenvalue weighted by molar-refractivity contribution is 0.00915. The van der Waals surface area contributed by atoms with E-state index in [2.05, 4.69) is 4.98 Å². The molecule has 0 aliphatic carbocycles. The predicted octanol–water partition coefficient (Wildman–Crippen LogP) is 2.36. The average molecular weight is 240 g/mol. The molecule has 1 aliphatic heterocycles. The highest BCUT2D eigenvalue weighted by molar-refractivity contribution is 7.09. The van der Waals surface area contributed by atoms with E-state index < -0.39 is 0 Å². The third-order valence-electron chi connectivity index (χ3n) is 3.05. The van der Waals surface area contributed by atoms with Crippen molar-refractivity contribution < 1.29 is 4.74 Å². The van der Waals surface area contributed by atoms with Crippen LogP contribution < -0.4 is 5.73 Å². The summed E-state index contributed by atoms with van der Waals surface area (Å²) in [4.78, 5) is 4.26. The molecule has 0 radical (unpaired) electrons. The van der Waals surface area contributed by atoms with Crippen LogP contribution in [0.25, 0.3) is 0 Å². The fourth-order valence-corrected chi connectivity index (χ4v) is 2.83. The highest BCUT2D eigenvalue weighted by Crippen LogP contribution is 2.18. The Morgan fingerprint density at radius 2 is 2.50 bits per heavy atom. The van der Waals surface area contributed by atoms with Crippen molar-refractivity contribution in [2.75, 3.05) is 6.61 Å². The summed E-state index contributed by atoms with van der Waals surface area (Å²) in [6.07, 6.45) is 9.10. The van der Waals surface area contributed by atoms with Crippen LogP contribution in [-0.4, -0.2) is 23.7 Å². The lowest BCUT2D eigenvalue weighted by Crippen LogP contribution is -2.26. The van der Waals surface area contributed by atoms with E-state index in [1.807, 2.05) is 11.6 Å². The Kier molecular flexibility index (Phi) is 4.75. The minimum atomic E-state index is 0.233. The van der Waals surface area contributed by atoms with Crippen LogP contribution in [0.4, 0.5) is 0 Å². The van der Waals surface area contributed by atoms with Gasteiger partial charge in [0.1, 0.15) is 0 Å². The Labute approximate surface area is 101 Å². The molecule has 2 atom stereocenters. The fraction of sp³-hybridized carbons (Fsp3) is 0.750. The first-order valence-electron chi connectivity index (χ1n) is 6.10. The van der Waals surface area contributed by atoms with Crippen LogP contribution in [0.1, 0.15) is 37.1 Å². The van der Waals surface area contributed by atoms with Gasteiger partial charge >= 0.3 is 0 Å². The van der Waals surface area contributed by atoms with Gasteiger partial charge in [-0.05, 0) is 32.1 Å². The van der Waals surface area contributed by atoms with Gasteiger partial charge in [-0.15, -0.1) is 11.3 Å². The highest BCUT2D eigenvalue weighted by atomic mass is 32.1. The molecule has 2 unspecified atom stereocenters. The van der Waals surface area contributed by atoms with E-state index >= 15 is 0 Å². The van der Waals surface area contributed by atoms with Gasteiger partial charge in [0.25, 0.3) is 0 Å². The standard InChI is InChI=1S/C12H20N2OS/c13-10(9-12-14-6-8-16-12)4-5-11-3-1-2-7-15-11/h6,8,10-11H,1-5,7,9,13H2. The second kappa shape index (κ2) is 6.33. The van der Waals surface area contributed by atoms with E-state index in [0.717, 1.165) is 30.9 Å². The van der Waals surface area contributed by atoms with Crippen LogP contribution in [0, 0.1) is 0 Å².